The zero-order chi connectivity index (χ0) is 17.1. The molecule has 0 saturated carbocycles. The van der Waals surface area contributed by atoms with Crippen LogP contribution >= 0.6 is 36.4 Å². The fourth-order valence-corrected chi connectivity index (χ4v) is 3.09. The highest BCUT2D eigenvalue weighted by Gasteiger charge is 2.20. The molecule has 3 N–H and O–H groups in total. The van der Waals surface area contributed by atoms with E-state index < -0.39 is 0 Å². The molecule has 5 nitrogen and oxygen atoms in total. The lowest BCUT2D eigenvalue weighted by molar-refractivity contribution is 0.102. The number of rotatable bonds is 3. The van der Waals surface area contributed by atoms with Gasteiger partial charge in [-0.3, -0.25) is 4.79 Å². The Morgan fingerprint density at radius 1 is 1.19 bits per heavy atom. The van der Waals surface area contributed by atoms with Crippen molar-refractivity contribution in [1.82, 2.24) is 0 Å². The molecule has 1 fully saturated rings. The lowest BCUT2D eigenvalue weighted by Gasteiger charge is -2.31. The van der Waals surface area contributed by atoms with Gasteiger partial charge in [0.1, 0.15) is 0 Å². The number of ether oxygens (including phenoxy) is 1. The molecule has 0 aliphatic carbocycles. The van der Waals surface area contributed by atoms with Gasteiger partial charge < -0.3 is 20.7 Å². The predicted octanol–water partition coefficient (Wildman–Crippen LogP) is 4.16. The number of halogens is 3. The fourth-order valence-electron chi connectivity index (χ4n) is 2.80. The lowest BCUT2D eigenvalue weighted by Crippen LogP contribution is -2.37. The summed E-state index contributed by atoms with van der Waals surface area (Å²) in [6.45, 7) is 4.66. The molecule has 0 atom stereocenters. The van der Waals surface area contributed by atoms with Gasteiger partial charge in [-0.2, -0.15) is 0 Å². The van der Waals surface area contributed by atoms with Crippen LogP contribution in [0.2, 0.25) is 5.02 Å². The largest absolute Gasteiger partial charge is 0.399 e. The number of amides is 1. The molecule has 2 aromatic rings. The quantitative estimate of drug-likeness (QED) is 0.734. The number of para-hydroxylation sites is 1. The summed E-state index contributed by atoms with van der Waals surface area (Å²) < 4.78 is 5.39. The van der Waals surface area contributed by atoms with E-state index in [1.165, 1.54) is 0 Å². The summed E-state index contributed by atoms with van der Waals surface area (Å²) in [5.74, 6) is -0.198. The molecule has 0 bridgehead atoms. The van der Waals surface area contributed by atoms with Gasteiger partial charge in [0.05, 0.1) is 29.6 Å². The Bertz CT molecular complexity index is 765. The number of benzene rings is 2. The summed E-state index contributed by atoms with van der Waals surface area (Å²) in [5, 5.41) is 3.58. The molecule has 1 saturated heterocycles. The zero-order valence-corrected chi connectivity index (χ0v) is 16.7. The molecule has 8 heteroatoms. The van der Waals surface area contributed by atoms with Crippen LogP contribution in [0.4, 0.5) is 17.1 Å². The van der Waals surface area contributed by atoms with Crippen molar-refractivity contribution in [3.8, 4) is 0 Å². The van der Waals surface area contributed by atoms with Crippen LogP contribution < -0.4 is 16.0 Å². The average Bonchev–Trinajstić information content (AvgIpc) is 2.58. The van der Waals surface area contributed by atoms with E-state index in [2.05, 4.69) is 10.2 Å². The Labute approximate surface area is 170 Å². The number of nitrogens with one attached hydrogen (secondary N) is 1. The molecule has 0 spiro atoms. The van der Waals surface area contributed by atoms with Crippen molar-refractivity contribution in [3.63, 3.8) is 0 Å². The Hall–Kier alpha value is -1.66. The highest BCUT2D eigenvalue weighted by Crippen LogP contribution is 2.34. The van der Waals surface area contributed by atoms with E-state index >= 15 is 0 Å². The second-order valence-electron chi connectivity index (χ2n) is 5.76. The first-order valence-corrected chi connectivity index (χ1v) is 8.23. The van der Waals surface area contributed by atoms with Gasteiger partial charge in [0.15, 0.2) is 0 Å². The van der Waals surface area contributed by atoms with Crippen molar-refractivity contribution in [2.75, 3.05) is 42.3 Å². The number of nitrogens with zero attached hydrogens (tertiary/aromatic N) is 1. The number of aryl methyl sites for hydroxylation is 1. The molecule has 1 heterocycles. The number of carbonyl (C=O) groups excluding carboxylic acids is 1. The zero-order valence-electron chi connectivity index (χ0n) is 14.3. The molecule has 0 aromatic heterocycles. The molecule has 0 unspecified atom stereocenters. The maximum absolute atomic E-state index is 12.7. The molecular formula is C18H22Cl3N3O2. The van der Waals surface area contributed by atoms with Crippen molar-refractivity contribution in [2.45, 2.75) is 6.92 Å². The van der Waals surface area contributed by atoms with E-state index in [1.807, 2.05) is 31.2 Å². The third-order valence-corrected chi connectivity index (χ3v) is 4.37. The second-order valence-corrected chi connectivity index (χ2v) is 6.17. The SMILES string of the molecule is Cc1ccc(N)cc1C(=O)Nc1cccc(Cl)c1N1CCOCC1.Cl.Cl. The minimum absolute atomic E-state index is 0. The van der Waals surface area contributed by atoms with Gasteiger partial charge in [-0.25, -0.2) is 0 Å². The molecular weight excluding hydrogens is 397 g/mol. The van der Waals surface area contributed by atoms with Crippen molar-refractivity contribution in [1.29, 1.82) is 0 Å². The van der Waals surface area contributed by atoms with Crippen LogP contribution in [0.25, 0.3) is 0 Å². The van der Waals surface area contributed by atoms with E-state index in [4.69, 9.17) is 22.1 Å². The Balaban J connectivity index is 0.00000169. The average molecular weight is 419 g/mol. The van der Waals surface area contributed by atoms with Crippen LogP contribution in [-0.2, 0) is 4.74 Å². The number of carbonyl (C=O) groups is 1. The van der Waals surface area contributed by atoms with Crippen LogP contribution in [0.3, 0.4) is 0 Å². The predicted molar refractivity (Wildman–Crippen MR) is 113 cm³/mol. The van der Waals surface area contributed by atoms with E-state index in [0.29, 0.717) is 35.2 Å². The summed E-state index contributed by atoms with van der Waals surface area (Å²) in [6, 6.07) is 10.8. The summed E-state index contributed by atoms with van der Waals surface area (Å²) in [6.07, 6.45) is 0. The first-order chi connectivity index (χ1) is 11.6. The maximum Gasteiger partial charge on any atom is 0.256 e. The van der Waals surface area contributed by atoms with Gasteiger partial charge in [-0.1, -0.05) is 23.7 Å². The number of morpholine rings is 1. The van der Waals surface area contributed by atoms with E-state index in [-0.39, 0.29) is 30.7 Å². The Kier molecular flexibility index (Phi) is 8.50. The van der Waals surface area contributed by atoms with Crippen LogP contribution in [0.15, 0.2) is 36.4 Å². The Morgan fingerprint density at radius 3 is 2.58 bits per heavy atom. The maximum atomic E-state index is 12.7. The summed E-state index contributed by atoms with van der Waals surface area (Å²) in [7, 11) is 0. The minimum atomic E-state index is -0.198. The molecule has 0 radical (unpaired) electrons. The number of anilines is 3. The highest BCUT2D eigenvalue weighted by atomic mass is 35.5. The van der Waals surface area contributed by atoms with Crippen molar-refractivity contribution >= 4 is 59.4 Å². The van der Waals surface area contributed by atoms with Crippen LogP contribution in [0, 0.1) is 6.92 Å². The van der Waals surface area contributed by atoms with Gasteiger partial charge in [0.25, 0.3) is 5.91 Å². The summed E-state index contributed by atoms with van der Waals surface area (Å²) in [4.78, 5) is 14.8. The molecule has 1 amide bonds. The van der Waals surface area contributed by atoms with Crippen LogP contribution in [0.1, 0.15) is 15.9 Å². The molecule has 1 aliphatic rings. The van der Waals surface area contributed by atoms with E-state index in [1.54, 1.807) is 12.1 Å². The van der Waals surface area contributed by atoms with Gasteiger partial charge in [0, 0.05) is 24.3 Å². The van der Waals surface area contributed by atoms with Crippen molar-refractivity contribution in [2.24, 2.45) is 0 Å². The van der Waals surface area contributed by atoms with Crippen LogP contribution in [0.5, 0.6) is 0 Å². The second kappa shape index (κ2) is 9.88. The number of nitrogens with two attached hydrogens (primary N) is 1. The van der Waals surface area contributed by atoms with Gasteiger partial charge in [-0.05, 0) is 36.8 Å². The molecule has 142 valence electrons. The first-order valence-electron chi connectivity index (χ1n) is 7.85. The summed E-state index contributed by atoms with van der Waals surface area (Å²) in [5.41, 5.74) is 9.32. The van der Waals surface area contributed by atoms with E-state index in [9.17, 15) is 4.79 Å². The van der Waals surface area contributed by atoms with Gasteiger partial charge in [0.2, 0.25) is 0 Å². The number of nitrogen functional groups attached to an aromatic ring is 1. The van der Waals surface area contributed by atoms with Crippen molar-refractivity contribution < 1.29 is 9.53 Å². The first kappa shape index (κ1) is 22.4. The minimum Gasteiger partial charge on any atom is -0.399 e. The van der Waals surface area contributed by atoms with E-state index in [0.717, 1.165) is 24.3 Å². The standard InChI is InChI=1S/C18H20ClN3O2.2ClH/c1-12-5-6-13(20)11-14(12)18(23)21-16-4-2-3-15(19)17(16)22-7-9-24-10-8-22;;/h2-6,11H,7-10,20H2,1H3,(H,21,23);2*1H. The highest BCUT2D eigenvalue weighted by molar-refractivity contribution is 6.34. The monoisotopic (exact) mass is 417 g/mol. The number of hydrogen-bond donors (Lipinski definition) is 2. The smallest absolute Gasteiger partial charge is 0.256 e. The molecule has 2 aromatic carbocycles. The summed E-state index contributed by atoms with van der Waals surface area (Å²) >= 11 is 6.39. The normalized spacial score (nSPS) is 13.4. The van der Waals surface area contributed by atoms with Gasteiger partial charge >= 0.3 is 0 Å². The van der Waals surface area contributed by atoms with Crippen molar-refractivity contribution in [3.05, 3.63) is 52.5 Å². The number of hydrogen-bond acceptors (Lipinski definition) is 4. The molecule has 1 aliphatic heterocycles. The molecule has 26 heavy (non-hydrogen) atoms. The third-order valence-electron chi connectivity index (χ3n) is 4.07. The topological polar surface area (TPSA) is 67.6 Å². The fraction of sp³-hybridized carbons (Fsp3) is 0.278. The van der Waals surface area contributed by atoms with Crippen LogP contribution in [-0.4, -0.2) is 32.2 Å². The lowest BCUT2D eigenvalue weighted by atomic mass is 10.1. The van der Waals surface area contributed by atoms with Gasteiger partial charge in [-0.15, -0.1) is 24.8 Å². The third kappa shape index (κ3) is 4.95. The Morgan fingerprint density at radius 2 is 1.88 bits per heavy atom. The molecule has 3 rings (SSSR count).